The second kappa shape index (κ2) is 16.1. The molecule has 1 atom stereocenters. The van der Waals surface area contributed by atoms with Crippen molar-refractivity contribution in [3.63, 3.8) is 0 Å². The summed E-state index contributed by atoms with van der Waals surface area (Å²) in [5.74, 6) is 0.556. The summed E-state index contributed by atoms with van der Waals surface area (Å²) >= 11 is 1.41. The number of halogens is 2. The van der Waals surface area contributed by atoms with Crippen molar-refractivity contribution in [3.8, 4) is 0 Å². The second-order valence-corrected chi connectivity index (χ2v) is 11.1. The van der Waals surface area contributed by atoms with Crippen LogP contribution in [-0.2, 0) is 29.0 Å². The Hall–Kier alpha value is -0.153. The summed E-state index contributed by atoms with van der Waals surface area (Å²) in [7, 11) is 0. The van der Waals surface area contributed by atoms with Gasteiger partial charge in [0.1, 0.15) is 0 Å². The van der Waals surface area contributed by atoms with Crippen LogP contribution >= 0.6 is 0 Å². The Balaban J connectivity index is 0. The molecule has 25 heavy (non-hydrogen) atoms. The van der Waals surface area contributed by atoms with Crippen LogP contribution in [0.5, 0.6) is 0 Å². The summed E-state index contributed by atoms with van der Waals surface area (Å²) in [6.07, 6.45) is 14.6. The van der Waals surface area contributed by atoms with Crippen LogP contribution in [0.25, 0.3) is 0 Å². The van der Waals surface area contributed by atoms with Crippen molar-refractivity contribution in [2.45, 2.75) is 40.2 Å². The summed E-state index contributed by atoms with van der Waals surface area (Å²) in [6.45, 7) is 8.43. The molecule has 0 nitrogen and oxygen atoms in total. The number of rotatable bonds is 2. The standard InChI is InChI=1S/C7H8Si.2C7H9.2ClH.Hf/c8-6-7-4-2-1-3-5-7;2*1-6-3-4-7(2)5-6;;;/h1-5,8H,6H2;5H,3H2,1-2H3;3,5,7H,1-2H3;2*1H;/q;2*-1;;;+2/p-2. The normalized spacial score (nSPS) is 16.6. The Morgan fingerprint density at radius 3 is 2.04 bits per heavy atom. The maximum atomic E-state index is 3.19. The third-order valence-corrected chi connectivity index (χ3v) is 6.25. The van der Waals surface area contributed by atoms with E-state index >= 15 is 0 Å². The number of hydrogen-bond donors (Lipinski definition) is 0. The van der Waals surface area contributed by atoms with Crippen LogP contribution in [0.1, 0.15) is 39.7 Å². The van der Waals surface area contributed by atoms with Crippen LogP contribution in [0.3, 0.4) is 0 Å². The van der Waals surface area contributed by atoms with Crippen LogP contribution in [0.15, 0.2) is 65.3 Å². The minimum atomic E-state index is 0. The Labute approximate surface area is 182 Å². The molecule has 0 saturated heterocycles. The predicted octanol–water partition coefficient (Wildman–Crippen LogP) is -0.879. The first-order valence-electron chi connectivity index (χ1n) is 8.06. The van der Waals surface area contributed by atoms with Crippen molar-refractivity contribution in [2.24, 2.45) is 5.92 Å². The maximum absolute atomic E-state index is 3.19. The fourth-order valence-electron chi connectivity index (χ4n) is 2.24. The third-order valence-electron chi connectivity index (χ3n) is 3.38. The second-order valence-electron chi connectivity index (χ2n) is 5.93. The van der Waals surface area contributed by atoms with Gasteiger partial charge in [0.2, 0.25) is 0 Å². The molecule has 0 fully saturated rings. The summed E-state index contributed by atoms with van der Waals surface area (Å²) in [5, 5.41) is 0. The van der Waals surface area contributed by atoms with Crippen molar-refractivity contribution < 1.29 is 47.8 Å². The molecule has 0 saturated carbocycles. The van der Waals surface area contributed by atoms with Gasteiger partial charge in [0.05, 0.1) is 0 Å². The first-order valence-corrected chi connectivity index (χ1v) is 15.7. The van der Waals surface area contributed by atoms with E-state index in [-0.39, 0.29) is 24.8 Å². The SMILES string of the molecule is CC1=CC(C)[C-]=C1.CC1=[C-]CC(C)=C1.[Cl-].[Cl-].[Hf+2]=[SiH]Cc1ccccc1. The average molecular weight is 556 g/mol. The van der Waals surface area contributed by atoms with Crippen LogP contribution in [0.4, 0.5) is 0 Å². The van der Waals surface area contributed by atoms with Crippen LogP contribution in [-0.4, -0.2) is 6.22 Å². The van der Waals surface area contributed by atoms with Gasteiger partial charge in [-0.05, 0) is 0 Å². The summed E-state index contributed by atoms with van der Waals surface area (Å²) in [6, 6.07) is 12.1. The zero-order chi connectivity index (χ0) is 17.1. The van der Waals surface area contributed by atoms with Gasteiger partial charge in [0.25, 0.3) is 0 Å². The van der Waals surface area contributed by atoms with Gasteiger partial charge >= 0.3 is 71.2 Å². The van der Waals surface area contributed by atoms with Gasteiger partial charge in [-0.1, -0.05) is 26.7 Å². The van der Waals surface area contributed by atoms with Crippen molar-refractivity contribution >= 4 is 6.22 Å². The monoisotopic (exact) mass is 556 g/mol. The molecule has 0 heterocycles. The number of hydrogen-bond acceptors (Lipinski definition) is 0. The molecule has 0 spiro atoms. The molecule has 3 rings (SSSR count). The van der Waals surface area contributed by atoms with Crippen molar-refractivity contribution in [3.05, 3.63) is 83.0 Å². The Morgan fingerprint density at radius 1 is 1.12 bits per heavy atom. The van der Waals surface area contributed by atoms with E-state index in [2.05, 4.69) is 82.3 Å². The average Bonchev–Trinajstić information content (AvgIpc) is 3.09. The molecule has 1 aromatic carbocycles. The van der Waals surface area contributed by atoms with Gasteiger partial charge in [0, 0.05) is 0 Å². The topological polar surface area (TPSA) is 0 Å². The van der Waals surface area contributed by atoms with E-state index < -0.39 is 0 Å². The van der Waals surface area contributed by atoms with Crippen LogP contribution < -0.4 is 24.8 Å². The Kier molecular flexibility index (Phi) is 17.4. The molecule has 0 amide bonds. The molecule has 1 unspecified atom stereocenters. The molecule has 2 aliphatic carbocycles. The number of benzene rings is 1. The van der Waals surface area contributed by atoms with E-state index in [9.17, 15) is 0 Å². The molecule has 2 aliphatic rings. The van der Waals surface area contributed by atoms with E-state index in [1.165, 1.54) is 51.3 Å². The molecule has 134 valence electrons. The summed E-state index contributed by atoms with van der Waals surface area (Å²) < 4.78 is 0. The zero-order valence-electron chi connectivity index (χ0n) is 15.4. The molecule has 0 N–H and O–H groups in total. The third kappa shape index (κ3) is 13.7. The minimum absolute atomic E-state index is 0. The van der Waals surface area contributed by atoms with E-state index in [0.717, 1.165) is 12.6 Å². The molecular weight excluding hydrogens is 530 g/mol. The quantitative estimate of drug-likeness (QED) is 0.329. The molecule has 0 bridgehead atoms. The molecule has 1 aromatic rings. The fourth-order valence-corrected chi connectivity index (χ4v) is 5.28. The Morgan fingerprint density at radius 2 is 1.76 bits per heavy atom. The van der Waals surface area contributed by atoms with Crippen LogP contribution in [0, 0.1) is 18.1 Å². The van der Waals surface area contributed by atoms with Crippen LogP contribution in [0.2, 0.25) is 0 Å². The van der Waals surface area contributed by atoms with Gasteiger partial charge < -0.3 is 24.8 Å². The molecule has 0 radical (unpaired) electrons. The molecule has 0 aromatic heterocycles. The van der Waals surface area contributed by atoms with E-state index in [1.54, 1.807) is 0 Å². The first-order chi connectivity index (χ1) is 11.0. The van der Waals surface area contributed by atoms with Gasteiger partial charge in [0.15, 0.2) is 0 Å². The zero-order valence-corrected chi connectivity index (χ0v) is 21.7. The Bertz CT molecular complexity index is 616. The summed E-state index contributed by atoms with van der Waals surface area (Å²) in [4.78, 5) is 0. The van der Waals surface area contributed by atoms with Gasteiger partial charge in [-0.3, -0.25) is 12.2 Å². The molecule has 0 aliphatic heterocycles. The van der Waals surface area contributed by atoms with Gasteiger partial charge in [-0.2, -0.15) is 11.6 Å². The molecular formula is C21H26Cl2HfSi-2. The van der Waals surface area contributed by atoms with E-state index in [0.29, 0.717) is 5.92 Å². The summed E-state index contributed by atoms with van der Waals surface area (Å²) in [5.41, 5.74) is 5.57. The number of allylic oxidation sites excluding steroid dienone is 8. The van der Waals surface area contributed by atoms with E-state index in [1.807, 2.05) is 6.08 Å². The van der Waals surface area contributed by atoms with Crippen molar-refractivity contribution in [1.29, 1.82) is 0 Å². The fraction of sp³-hybridized carbons (Fsp3) is 0.333. The molecule has 4 heteroatoms. The van der Waals surface area contributed by atoms with Crippen molar-refractivity contribution in [2.75, 3.05) is 0 Å². The van der Waals surface area contributed by atoms with Gasteiger partial charge in [-0.15, -0.1) is 13.3 Å². The first kappa shape index (κ1) is 27.1. The van der Waals surface area contributed by atoms with Crippen molar-refractivity contribution in [1.82, 2.24) is 0 Å². The predicted molar refractivity (Wildman–Crippen MR) is 98.8 cm³/mol. The van der Waals surface area contributed by atoms with Gasteiger partial charge in [-0.25, -0.2) is 23.3 Å². The van der Waals surface area contributed by atoms with E-state index in [4.69, 9.17) is 0 Å².